The quantitative estimate of drug-likeness (QED) is 0.838. The van der Waals surface area contributed by atoms with Crippen LogP contribution in [0.5, 0.6) is 0 Å². The van der Waals surface area contributed by atoms with Gasteiger partial charge < -0.3 is 10.2 Å². The summed E-state index contributed by atoms with van der Waals surface area (Å²) >= 11 is 7.62. The molecule has 1 aliphatic carbocycles. The largest absolute Gasteiger partial charge is 0.352 e. The molecule has 2 heterocycles. The minimum atomic E-state index is -0.0268. The van der Waals surface area contributed by atoms with Gasteiger partial charge in [-0.05, 0) is 61.4 Å². The Bertz CT molecular complexity index is 858. The summed E-state index contributed by atoms with van der Waals surface area (Å²) in [5.41, 5.74) is 2.18. The fraction of sp³-hybridized carbons (Fsp3) is 0.429. The average Bonchev–Trinajstić information content (AvgIpc) is 3.34. The van der Waals surface area contributed by atoms with Crippen molar-refractivity contribution in [3.8, 4) is 0 Å². The maximum Gasteiger partial charge on any atom is 0.263 e. The summed E-state index contributed by atoms with van der Waals surface area (Å²) in [6.07, 6.45) is 4.65. The number of amides is 2. The van der Waals surface area contributed by atoms with Crippen molar-refractivity contribution < 1.29 is 9.59 Å². The fourth-order valence-electron chi connectivity index (χ4n) is 3.91. The molecular weight excluding hydrogens is 380 g/mol. The lowest BCUT2D eigenvalue weighted by Gasteiger charge is -2.21. The molecular formula is C21H23ClN2O2S. The van der Waals surface area contributed by atoms with E-state index in [1.54, 1.807) is 11.3 Å². The Kier molecular flexibility index (Phi) is 5.50. The Labute approximate surface area is 168 Å². The van der Waals surface area contributed by atoms with Crippen LogP contribution in [-0.2, 0) is 24.2 Å². The number of carbonyl (C=O) groups is 2. The molecule has 4 rings (SSSR count). The van der Waals surface area contributed by atoms with Crippen molar-refractivity contribution in [1.29, 1.82) is 0 Å². The van der Waals surface area contributed by atoms with E-state index in [-0.39, 0.29) is 17.7 Å². The molecule has 142 valence electrons. The van der Waals surface area contributed by atoms with Gasteiger partial charge in [0.1, 0.15) is 0 Å². The highest BCUT2D eigenvalue weighted by molar-refractivity contribution is 7.14. The van der Waals surface area contributed by atoms with Crippen LogP contribution in [-0.4, -0.2) is 29.8 Å². The number of aryl methyl sites for hydroxylation is 1. The second-order valence-corrected chi connectivity index (χ2v) is 8.92. The van der Waals surface area contributed by atoms with E-state index in [0.29, 0.717) is 11.6 Å². The standard InChI is InChI=1S/C21H23ClN2O2S/c22-17-5-3-4-14(10-17)13-23-20(25)15-6-7-18-16(11-15)12-19(27-18)21(26)24-8-1-2-9-24/h3-5,10,12,15H,1-2,6-9,11,13H2,(H,23,25)/t15-/m1/s1. The van der Waals surface area contributed by atoms with Gasteiger partial charge in [-0.2, -0.15) is 0 Å². The summed E-state index contributed by atoms with van der Waals surface area (Å²) in [5, 5.41) is 3.71. The highest BCUT2D eigenvalue weighted by atomic mass is 35.5. The van der Waals surface area contributed by atoms with Gasteiger partial charge >= 0.3 is 0 Å². The maximum absolute atomic E-state index is 12.6. The molecule has 0 spiro atoms. The first-order valence-electron chi connectivity index (χ1n) is 9.53. The van der Waals surface area contributed by atoms with Crippen LogP contribution in [0.2, 0.25) is 5.02 Å². The second-order valence-electron chi connectivity index (χ2n) is 7.35. The summed E-state index contributed by atoms with van der Waals surface area (Å²) in [5.74, 6) is 0.217. The highest BCUT2D eigenvalue weighted by Crippen LogP contribution is 2.33. The van der Waals surface area contributed by atoms with Gasteiger partial charge in [0.2, 0.25) is 5.91 Å². The van der Waals surface area contributed by atoms with E-state index in [4.69, 9.17) is 11.6 Å². The molecule has 2 amide bonds. The number of nitrogens with zero attached hydrogens (tertiary/aromatic N) is 1. The van der Waals surface area contributed by atoms with E-state index >= 15 is 0 Å². The monoisotopic (exact) mass is 402 g/mol. The predicted octanol–water partition coefficient (Wildman–Crippen LogP) is 4.06. The Hall–Kier alpha value is -1.85. The maximum atomic E-state index is 12.6. The number of fused-ring (bicyclic) bond motifs is 1. The number of benzene rings is 1. The van der Waals surface area contributed by atoms with Crippen molar-refractivity contribution in [2.45, 2.75) is 38.6 Å². The van der Waals surface area contributed by atoms with Crippen LogP contribution in [0.1, 0.15) is 44.9 Å². The van der Waals surface area contributed by atoms with E-state index in [1.807, 2.05) is 35.2 Å². The van der Waals surface area contributed by atoms with Crippen LogP contribution >= 0.6 is 22.9 Å². The summed E-state index contributed by atoms with van der Waals surface area (Å²) in [4.78, 5) is 29.3. The highest BCUT2D eigenvalue weighted by Gasteiger charge is 2.29. The zero-order valence-corrected chi connectivity index (χ0v) is 16.7. The topological polar surface area (TPSA) is 49.4 Å². The Morgan fingerprint density at radius 3 is 2.81 bits per heavy atom. The number of hydrogen-bond donors (Lipinski definition) is 1. The van der Waals surface area contributed by atoms with Crippen molar-refractivity contribution >= 4 is 34.8 Å². The number of likely N-dealkylation sites (tertiary alicyclic amines) is 1. The number of rotatable bonds is 4. The lowest BCUT2D eigenvalue weighted by molar-refractivity contribution is -0.125. The molecule has 0 radical (unpaired) electrons. The third kappa shape index (κ3) is 4.19. The molecule has 2 aromatic rings. The molecule has 1 aromatic heterocycles. The Morgan fingerprint density at radius 2 is 2.04 bits per heavy atom. The number of halogens is 1. The van der Waals surface area contributed by atoms with Crippen molar-refractivity contribution in [1.82, 2.24) is 10.2 Å². The number of thiophene rings is 1. The summed E-state index contributed by atoms with van der Waals surface area (Å²) in [6, 6.07) is 9.57. The first kappa shape index (κ1) is 18.5. The van der Waals surface area contributed by atoms with Gasteiger partial charge in [-0.1, -0.05) is 23.7 Å². The Balaban J connectivity index is 1.37. The molecule has 1 saturated heterocycles. The molecule has 6 heteroatoms. The average molecular weight is 403 g/mol. The molecule has 1 N–H and O–H groups in total. The molecule has 0 saturated carbocycles. The van der Waals surface area contributed by atoms with E-state index < -0.39 is 0 Å². The second kappa shape index (κ2) is 8.03. The van der Waals surface area contributed by atoms with Crippen LogP contribution in [0.4, 0.5) is 0 Å². The van der Waals surface area contributed by atoms with Crippen molar-refractivity contribution in [3.63, 3.8) is 0 Å². The minimum absolute atomic E-state index is 0.0268. The van der Waals surface area contributed by atoms with Gasteiger partial charge in [0.05, 0.1) is 4.88 Å². The van der Waals surface area contributed by atoms with E-state index in [0.717, 1.165) is 55.6 Å². The fourth-order valence-corrected chi connectivity index (χ4v) is 5.30. The van der Waals surface area contributed by atoms with E-state index in [9.17, 15) is 9.59 Å². The zero-order valence-electron chi connectivity index (χ0n) is 15.2. The van der Waals surface area contributed by atoms with Gasteiger partial charge in [-0.15, -0.1) is 11.3 Å². The first-order chi connectivity index (χ1) is 13.1. The van der Waals surface area contributed by atoms with Crippen LogP contribution < -0.4 is 5.32 Å². The van der Waals surface area contributed by atoms with Gasteiger partial charge in [-0.25, -0.2) is 0 Å². The first-order valence-corrected chi connectivity index (χ1v) is 10.7. The Morgan fingerprint density at radius 1 is 1.22 bits per heavy atom. The SMILES string of the molecule is O=C(NCc1cccc(Cl)c1)[C@@H]1CCc2sc(C(=O)N3CCCC3)cc2C1. The molecule has 0 bridgehead atoms. The molecule has 0 unspecified atom stereocenters. The predicted molar refractivity (Wildman–Crippen MR) is 108 cm³/mol. The molecule has 1 atom stereocenters. The van der Waals surface area contributed by atoms with Crippen molar-refractivity contribution in [2.75, 3.05) is 13.1 Å². The number of carbonyl (C=O) groups excluding carboxylic acids is 2. The van der Waals surface area contributed by atoms with Crippen LogP contribution in [0.25, 0.3) is 0 Å². The van der Waals surface area contributed by atoms with Crippen LogP contribution in [0.3, 0.4) is 0 Å². The van der Waals surface area contributed by atoms with Gasteiger partial charge in [-0.3, -0.25) is 9.59 Å². The third-order valence-corrected chi connectivity index (χ3v) is 6.87. The van der Waals surface area contributed by atoms with Crippen LogP contribution in [0, 0.1) is 5.92 Å². The summed E-state index contributed by atoms with van der Waals surface area (Å²) < 4.78 is 0. The molecule has 1 aliphatic heterocycles. The van der Waals surface area contributed by atoms with Crippen molar-refractivity contribution in [2.24, 2.45) is 5.92 Å². The normalized spacial score (nSPS) is 19.0. The summed E-state index contributed by atoms with van der Waals surface area (Å²) in [7, 11) is 0. The third-order valence-electron chi connectivity index (χ3n) is 5.41. The van der Waals surface area contributed by atoms with E-state index in [1.165, 1.54) is 10.4 Å². The smallest absolute Gasteiger partial charge is 0.263 e. The lowest BCUT2D eigenvalue weighted by Crippen LogP contribution is -2.33. The molecule has 2 aliphatic rings. The molecule has 4 nitrogen and oxygen atoms in total. The molecule has 1 fully saturated rings. The van der Waals surface area contributed by atoms with Gasteiger partial charge in [0.15, 0.2) is 0 Å². The number of nitrogens with one attached hydrogen (secondary N) is 1. The van der Waals surface area contributed by atoms with Crippen molar-refractivity contribution in [3.05, 3.63) is 56.2 Å². The molecule has 1 aromatic carbocycles. The molecule has 27 heavy (non-hydrogen) atoms. The number of hydrogen-bond acceptors (Lipinski definition) is 3. The van der Waals surface area contributed by atoms with E-state index in [2.05, 4.69) is 5.32 Å². The minimum Gasteiger partial charge on any atom is -0.352 e. The lowest BCUT2D eigenvalue weighted by atomic mass is 9.87. The van der Waals surface area contributed by atoms with Crippen LogP contribution in [0.15, 0.2) is 30.3 Å². The van der Waals surface area contributed by atoms with Gasteiger partial charge in [0.25, 0.3) is 5.91 Å². The zero-order chi connectivity index (χ0) is 18.8. The van der Waals surface area contributed by atoms with Gasteiger partial charge in [0, 0.05) is 35.5 Å². The summed E-state index contributed by atoms with van der Waals surface area (Å²) in [6.45, 7) is 2.23.